The highest BCUT2D eigenvalue weighted by Gasteiger charge is 2.39. The molecule has 0 aliphatic heterocycles. The van der Waals surface area contributed by atoms with Gasteiger partial charge in [-0.15, -0.1) is 11.6 Å². The van der Waals surface area contributed by atoms with Crippen LogP contribution in [0, 0.1) is 0 Å². The molecule has 2 rings (SSSR count). The summed E-state index contributed by atoms with van der Waals surface area (Å²) >= 11 is 12.8. The van der Waals surface area contributed by atoms with Gasteiger partial charge < -0.3 is 9.64 Å². The molecule has 0 saturated heterocycles. The van der Waals surface area contributed by atoms with E-state index in [4.69, 9.17) is 27.9 Å². The number of hydrogen-bond donors (Lipinski definition) is 0. The third-order valence-electron chi connectivity index (χ3n) is 4.34. The molecule has 0 fully saturated rings. The van der Waals surface area contributed by atoms with E-state index in [9.17, 15) is 4.79 Å². The summed E-state index contributed by atoms with van der Waals surface area (Å²) in [5.41, 5.74) is 1.75. The summed E-state index contributed by atoms with van der Waals surface area (Å²) in [6.07, 6.45) is 4.21. The summed E-state index contributed by atoms with van der Waals surface area (Å²) in [4.78, 5) is 17.9. The van der Waals surface area contributed by atoms with Crippen LogP contribution in [0.4, 0.5) is 0 Å². The fraction of sp³-hybridized carbons (Fsp3) is 0.474. The van der Waals surface area contributed by atoms with Crippen molar-refractivity contribution in [2.45, 2.75) is 38.0 Å². The van der Waals surface area contributed by atoms with Crippen molar-refractivity contribution in [3.05, 3.63) is 52.0 Å². The summed E-state index contributed by atoms with van der Waals surface area (Å²) < 4.78 is 5.98. The van der Waals surface area contributed by atoms with Crippen molar-refractivity contribution in [3.63, 3.8) is 0 Å². The van der Waals surface area contributed by atoms with Crippen molar-refractivity contribution in [1.82, 2.24) is 9.88 Å². The molecule has 136 valence electrons. The number of allylic oxidation sites excluding steroid dienone is 4. The van der Waals surface area contributed by atoms with Crippen LogP contribution < -0.4 is 0 Å². The monoisotopic (exact) mass is 382 g/mol. The second-order valence-electron chi connectivity index (χ2n) is 6.57. The lowest BCUT2D eigenvalue weighted by atomic mass is 9.73. The van der Waals surface area contributed by atoms with Gasteiger partial charge in [-0.05, 0) is 44.9 Å². The topological polar surface area (TPSA) is 42.4 Å². The fourth-order valence-corrected chi connectivity index (χ4v) is 3.56. The highest BCUT2D eigenvalue weighted by atomic mass is 35.5. The number of halogens is 2. The Morgan fingerprint density at radius 1 is 1.44 bits per heavy atom. The summed E-state index contributed by atoms with van der Waals surface area (Å²) in [6, 6.07) is 3.65. The van der Waals surface area contributed by atoms with Crippen LogP contribution in [0.3, 0.4) is 0 Å². The number of pyridine rings is 1. The zero-order valence-corrected chi connectivity index (χ0v) is 16.8. The van der Waals surface area contributed by atoms with Crippen molar-refractivity contribution in [2.75, 3.05) is 20.7 Å². The molecule has 1 aliphatic carbocycles. The average molecular weight is 383 g/mol. The van der Waals surface area contributed by atoms with Crippen LogP contribution in [-0.2, 0) is 10.2 Å². The molecule has 1 aliphatic rings. The molecule has 6 heteroatoms. The molecule has 4 nitrogen and oxygen atoms in total. The van der Waals surface area contributed by atoms with Gasteiger partial charge in [0.05, 0.1) is 17.4 Å². The Morgan fingerprint density at radius 2 is 2.12 bits per heavy atom. The van der Waals surface area contributed by atoms with Gasteiger partial charge >= 0.3 is 0 Å². The molecule has 25 heavy (non-hydrogen) atoms. The molecule has 1 aromatic rings. The van der Waals surface area contributed by atoms with Crippen LogP contribution in [0.25, 0.3) is 0 Å². The van der Waals surface area contributed by atoms with Gasteiger partial charge in [0, 0.05) is 30.9 Å². The Kier molecular flexibility index (Phi) is 6.17. The number of alkyl halides is 1. The van der Waals surface area contributed by atoms with E-state index in [1.165, 1.54) is 4.90 Å². The van der Waals surface area contributed by atoms with E-state index in [0.717, 1.165) is 21.9 Å². The van der Waals surface area contributed by atoms with Gasteiger partial charge in [-0.2, -0.15) is 0 Å². The van der Waals surface area contributed by atoms with E-state index >= 15 is 0 Å². The van der Waals surface area contributed by atoms with Crippen molar-refractivity contribution < 1.29 is 9.53 Å². The molecule has 1 amide bonds. The molecule has 2 atom stereocenters. The summed E-state index contributed by atoms with van der Waals surface area (Å²) in [6.45, 7) is 6.45. The zero-order chi connectivity index (χ0) is 18.8. The molecule has 0 spiro atoms. The molecule has 2 unspecified atom stereocenters. The third kappa shape index (κ3) is 4.01. The van der Waals surface area contributed by atoms with E-state index < -0.39 is 5.41 Å². The minimum atomic E-state index is -0.479. The van der Waals surface area contributed by atoms with Gasteiger partial charge in [0.1, 0.15) is 11.5 Å². The Balaban J connectivity index is 2.51. The molecule has 0 N–H and O–H groups in total. The van der Waals surface area contributed by atoms with E-state index in [2.05, 4.69) is 11.9 Å². The summed E-state index contributed by atoms with van der Waals surface area (Å²) in [5.74, 6) is 0.685. The first kappa shape index (κ1) is 19.8. The SMILES string of the molecule is CCOC1=C(C(C)Cl)C=C(Cl)CC1(C)c1ccc(C(=O)N(C)C)nc1. The molecule has 0 radical (unpaired) electrons. The number of nitrogens with zero attached hydrogens (tertiary/aromatic N) is 2. The number of amides is 1. The first-order valence-corrected chi connectivity index (χ1v) is 9.08. The van der Waals surface area contributed by atoms with Gasteiger partial charge in [-0.1, -0.05) is 17.7 Å². The number of carbonyl (C=O) groups excluding carboxylic acids is 1. The number of hydrogen-bond acceptors (Lipinski definition) is 3. The van der Waals surface area contributed by atoms with Crippen LogP contribution in [0.1, 0.15) is 43.2 Å². The average Bonchev–Trinajstić information content (AvgIpc) is 2.56. The van der Waals surface area contributed by atoms with Gasteiger partial charge in [-0.25, -0.2) is 0 Å². The molecule has 1 aromatic heterocycles. The number of carbonyl (C=O) groups is 1. The number of rotatable bonds is 5. The van der Waals surface area contributed by atoms with Crippen LogP contribution in [0.2, 0.25) is 0 Å². The van der Waals surface area contributed by atoms with Gasteiger partial charge in [0.15, 0.2) is 0 Å². The smallest absolute Gasteiger partial charge is 0.271 e. The quantitative estimate of drug-likeness (QED) is 0.704. The summed E-state index contributed by atoms with van der Waals surface area (Å²) in [5, 5.41) is 0.499. The van der Waals surface area contributed by atoms with Crippen LogP contribution in [0.15, 0.2) is 40.8 Å². The fourth-order valence-electron chi connectivity index (χ4n) is 3.01. The number of aromatic nitrogens is 1. The lowest BCUT2D eigenvalue weighted by Crippen LogP contribution is -2.32. The van der Waals surface area contributed by atoms with Crippen molar-refractivity contribution in [3.8, 4) is 0 Å². The van der Waals surface area contributed by atoms with E-state index in [0.29, 0.717) is 18.7 Å². The lowest BCUT2D eigenvalue weighted by molar-refractivity contribution is 0.0822. The predicted octanol–water partition coefficient (Wildman–Crippen LogP) is 4.49. The second kappa shape index (κ2) is 7.79. The third-order valence-corrected chi connectivity index (χ3v) is 4.82. The molecular weight excluding hydrogens is 359 g/mol. The first-order valence-electron chi connectivity index (χ1n) is 8.26. The Morgan fingerprint density at radius 3 is 2.60 bits per heavy atom. The van der Waals surface area contributed by atoms with Crippen molar-refractivity contribution in [2.24, 2.45) is 0 Å². The Labute approximate surface area is 159 Å². The maximum atomic E-state index is 12.1. The van der Waals surface area contributed by atoms with E-state index in [1.54, 1.807) is 26.4 Å². The van der Waals surface area contributed by atoms with Gasteiger partial charge in [0.2, 0.25) is 0 Å². The Bertz CT molecular complexity index is 709. The Hall–Kier alpha value is -1.52. The van der Waals surface area contributed by atoms with Crippen molar-refractivity contribution in [1.29, 1.82) is 0 Å². The zero-order valence-electron chi connectivity index (χ0n) is 15.3. The van der Waals surface area contributed by atoms with Crippen molar-refractivity contribution >= 4 is 29.1 Å². The molecule has 0 bridgehead atoms. The minimum absolute atomic E-state index is 0.131. The van der Waals surface area contributed by atoms with Gasteiger partial charge in [-0.3, -0.25) is 9.78 Å². The largest absolute Gasteiger partial charge is 0.497 e. The maximum absolute atomic E-state index is 12.1. The standard InChI is InChI=1S/C19H24Cl2N2O2/c1-6-25-17-15(12(2)20)9-14(21)10-19(17,3)13-7-8-16(22-11-13)18(24)23(4)5/h7-9,11-12H,6,10H2,1-5H3. The van der Waals surface area contributed by atoms with Crippen LogP contribution >= 0.6 is 23.2 Å². The van der Waals surface area contributed by atoms with E-state index in [1.807, 2.05) is 26.0 Å². The highest BCUT2D eigenvalue weighted by molar-refractivity contribution is 6.30. The molecule has 0 saturated carbocycles. The minimum Gasteiger partial charge on any atom is -0.497 e. The first-order chi connectivity index (χ1) is 11.7. The van der Waals surface area contributed by atoms with Gasteiger partial charge in [0.25, 0.3) is 5.91 Å². The molecular formula is C19H24Cl2N2O2. The molecule has 1 heterocycles. The highest BCUT2D eigenvalue weighted by Crippen LogP contribution is 2.45. The lowest BCUT2D eigenvalue weighted by Gasteiger charge is -2.37. The second-order valence-corrected chi connectivity index (χ2v) is 7.71. The van der Waals surface area contributed by atoms with Crippen LogP contribution in [0.5, 0.6) is 0 Å². The normalized spacial score (nSPS) is 21.6. The summed E-state index contributed by atoms with van der Waals surface area (Å²) in [7, 11) is 3.41. The van der Waals surface area contributed by atoms with E-state index in [-0.39, 0.29) is 11.3 Å². The number of ether oxygens (including phenoxy) is 1. The predicted molar refractivity (Wildman–Crippen MR) is 102 cm³/mol. The maximum Gasteiger partial charge on any atom is 0.271 e. The molecule has 0 aromatic carbocycles. The van der Waals surface area contributed by atoms with Crippen LogP contribution in [-0.4, -0.2) is 41.9 Å².